The van der Waals surface area contributed by atoms with Crippen LogP contribution >= 0.6 is 24.0 Å². The van der Waals surface area contributed by atoms with Crippen LogP contribution in [-0.2, 0) is 5.41 Å². The molecule has 0 unspecified atom stereocenters. The highest BCUT2D eigenvalue weighted by atomic mass is 127. The third-order valence-corrected chi connectivity index (χ3v) is 6.69. The monoisotopic (exact) mass is 549 g/mol. The van der Waals surface area contributed by atoms with Gasteiger partial charge >= 0.3 is 0 Å². The maximum absolute atomic E-state index is 4.46. The lowest BCUT2D eigenvalue weighted by atomic mass is 9.79. The predicted molar refractivity (Wildman–Crippen MR) is 142 cm³/mol. The van der Waals surface area contributed by atoms with Crippen molar-refractivity contribution in [3.63, 3.8) is 0 Å². The van der Waals surface area contributed by atoms with Crippen LogP contribution in [-0.4, -0.2) is 73.7 Å². The van der Waals surface area contributed by atoms with Gasteiger partial charge in [0.25, 0.3) is 0 Å². The van der Waals surface area contributed by atoms with Crippen molar-refractivity contribution in [3.05, 3.63) is 54.4 Å². The summed E-state index contributed by atoms with van der Waals surface area (Å²) in [6, 6.07) is 12.8. The first-order valence-electron chi connectivity index (χ1n) is 11.5. The summed E-state index contributed by atoms with van der Waals surface area (Å²) in [5, 5.41) is 7.12. The van der Waals surface area contributed by atoms with Crippen molar-refractivity contribution in [2.75, 3.05) is 57.8 Å². The van der Waals surface area contributed by atoms with Crippen molar-refractivity contribution in [1.29, 1.82) is 0 Å². The second-order valence-corrected chi connectivity index (χ2v) is 8.58. The zero-order valence-corrected chi connectivity index (χ0v) is 21.4. The number of anilines is 1. The van der Waals surface area contributed by atoms with Crippen molar-refractivity contribution in [3.8, 4) is 0 Å². The summed E-state index contributed by atoms with van der Waals surface area (Å²) in [5.74, 6) is 1.74. The van der Waals surface area contributed by atoms with Gasteiger partial charge < -0.3 is 15.5 Å². The molecule has 2 fully saturated rings. The summed E-state index contributed by atoms with van der Waals surface area (Å²) in [7, 11) is 1.86. The number of aromatic nitrogens is 2. The van der Waals surface area contributed by atoms with Gasteiger partial charge in [-0.3, -0.25) is 9.89 Å². The standard InChI is InChI=1S/C24H35N7.HI/c1-25-22(29-20-24(10-5-6-11-24)21-8-3-2-4-9-21)26-14-15-30-16-18-31(19-17-30)23-27-12-7-13-28-23;/h2-4,7-9,12-13H,5-6,10-11,14-20H2,1H3,(H2,25,26,29);1H. The zero-order valence-electron chi connectivity index (χ0n) is 19.0. The molecule has 1 aliphatic carbocycles. The third kappa shape index (κ3) is 6.31. The minimum absolute atomic E-state index is 0. The molecule has 1 saturated heterocycles. The lowest BCUT2D eigenvalue weighted by Crippen LogP contribution is -2.50. The molecule has 2 N–H and O–H groups in total. The topological polar surface area (TPSA) is 68.7 Å². The van der Waals surface area contributed by atoms with Crippen LogP contribution in [0.3, 0.4) is 0 Å². The van der Waals surface area contributed by atoms with Crippen molar-refractivity contribution in [1.82, 2.24) is 25.5 Å². The second kappa shape index (κ2) is 12.3. The van der Waals surface area contributed by atoms with Gasteiger partial charge in [-0.25, -0.2) is 9.97 Å². The molecule has 1 aromatic heterocycles. The number of piperazine rings is 1. The van der Waals surface area contributed by atoms with Crippen LogP contribution in [0.2, 0.25) is 0 Å². The number of hydrogen-bond donors (Lipinski definition) is 2. The van der Waals surface area contributed by atoms with E-state index < -0.39 is 0 Å². The number of halogens is 1. The van der Waals surface area contributed by atoms with E-state index in [1.807, 2.05) is 25.5 Å². The molecule has 1 aliphatic heterocycles. The Balaban J connectivity index is 0.00000289. The van der Waals surface area contributed by atoms with E-state index in [-0.39, 0.29) is 29.4 Å². The van der Waals surface area contributed by atoms with Crippen LogP contribution in [0.15, 0.2) is 53.8 Å². The lowest BCUT2D eigenvalue weighted by molar-refractivity contribution is 0.260. The first-order valence-corrected chi connectivity index (χ1v) is 11.5. The zero-order chi connectivity index (χ0) is 21.4. The number of rotatable bonds is 7. The molecule has 8 heteroatoms. The number of guanidine groups is 1. The molecule has 0 bridgehead atoms. The summed E-state index contributed by atoms with van der Waals surface area (Å²) in [6.45, 7) is 6.83. The molecule has 0 atom stereocenters. The largest absolute Gasteiger partial charge is 0.356 e. The Bertz CT molecular complexity index is 817. The first-order chi connectivity index (χ1) is 15.3. The normalized spacial score (nSPS) is 18.8. The molecule has 2 aliphatic rings. The number of benzene rings is 1. The van der Waals surface area contributed by atoms with Crippen molar-refractivity contribution >= 4 is 35.9 Å². The van der Waals surface area contributed by atoms with Crippen LogP contribution in [0.25, 0.3) is 0 Å². The van der Waals surface area contributed by atoms with Crippen LogP contribution < -0.4 is 15.5 Å². The average Bonchev–Trinajstić information content (AvgIpc) is 3.33. The van der Waals surface area contributed by atoms with Crippen LogP contribution in [0, 0.1) is 0 Å². The van der Waals surface area contributed by atoms with E-state index in [0.717, 1.165) is 57.7 Å². The molecule has 174 valence electrons. The highest BCUT2D eigenvalue weighted by Gasteiger charge is 2.35. The minimum Gasteiger partial charge on any atom is -0.356 e. The summed E-state index contributed by atoms with van der Waals surface area (Å²) < 4.78 is 0. The highest BCUT2D eigenvalue weighted by molar-refractivity contribution is 14.0. The molecular formula is C24H36IN7. The highest BCUT2D eigenvalue weighted by Crippen LogP contribution is 2.40. The van der Waals surface area contributed by atoms with Gasteiger partial charge in [0, 0.05) is 70.7 Å². The molecule has 1 aromatic carbocycles. The van der Waals surface area contributed by atoms with Crippen molar-refractivity contribution < 1.29 is 0 Å². The van der Waals surface area contributed by atoms with E-state index in [0.29, 0.717) is 0 Å². The van der Waals surface area contributed by atoms with Crippen LogP contribution in [0.5, 0.6) is 0 Å². The second-order valence-electron chi connectivity index (χ2n) is 8.58. The molecule has 2 heterocycles. The number of nitrogens with one attached hydrogen (secondary N) is 2. The fraction of sp³-hybridized carbons (Fsp3) is 0.542. The number of aliphatic imine (C=N–C) groups is 1. The Morgan fingerprint density at radius 2 is 1.66 bits per heavy atom. The Hall–Kier alpha value is -1.94. The van der Waals surface area contributed by atoms with E-state index in [2.05, 4.69) is 65.7 Å². The maximum atomic E-state index is 4.46. The van der Waals surface area contributed by atoms with Gasteiger partial charge in [-0.15, -0.1) is 24.0 Å². The molecule has 1 saturated carbocycles. The summed E-state index contributed by atoms with van der Waals surface area (Å²) >= 11 is 0. The SMILES string of the molecule is CN=C(NCCN1CCN(c2ncccn2)CC1)NCC1(c2ccccc2)CCCC1.I. The Labute approximate surface area is 209 Å². The predicted octanol–water partition coefficient (Wildman–Crippen LogP) is 2.89. The molecule has 0 spiro atoms. The minimum atomic E-state index is 0. The Morgan fingerprint density at radius 3 is 2.31 bits per heavy atom. The smallest absolute Gasteiger partial charge is 0.225 e. The third-order valence-electron chi connectivity index (χ3n) is 6.69. The molecule has 32 heavy (non-hydrogen) atoms. The van der Waals surface area contributed by atoms with Gasteiger partial charge in [0.1, 0.15) is 0 Å². The fourth-order valence-corrected chi connectivity index (χ4v) is 4.84. The molecule has 0 radical (unpaired) electrons. The molecule has 0 amide bonds. The first kappa shape index (κ1) is 24.7. The van der Waals surface area contributed by atoms with Crippen molar-refractivity contribution in [2.24, 2.45) is 4.99 Å². The summed E-state index contributed by atoms with van der Waals surface area (Å²) in [5.41, 5.74) is 1.69. The van der Waals surface area contributed by atoms with Crippen LogP contribution in [0.4, 0.5) is 5.95 Å². The van der Waals surface area contributed by atoms with Crippen LogP contribution in [0.1, 0.15) is 31.2 Å². The van der Waals surface area contributed by atoms with Gasteiger partial charge in [0.15, 0.2) is 5.96 Å². The Kier molecular flexibility index (Phi) is 9.52. The summed E-state index contributed by atoms with van der Waals surface area (Å²) in [6.07, 6.45) is 8.73. The van der Waals surface area contributed by atoms with E-state index in [4.69, 9.17) is 0 Å². The van der Waals surface area contributed by atoms with E-state index in [1.54, 1.807) is 0 Å². The molecular weight excluding hydrogens is 513 g/mol. The number of nitrogens with zero attached hydrogens (tertiary/aromatic N) is 5. The number of hydrogen-bond acceptors (Lipinski definition) is 5. The molecule has 4 rings (SSSR count). The molecule has 7 nitrogen and oxygen atoms in total. The summed E-state index contributed by atoms with van der Waals surface area (Å²) in [4.78, 5) is 17.9. The lowest BCUT2D eigenvalue weighted by Gasteiger charge is -2.34. The Morgan fingerprint density at radius 1 is 0.969 bits per heavy atom. The van der Waals surface area contributed by atoms with Gasteiger partial charge in [0.05, 0.1) is 0 Å². The fourth-order valence-electron chi connectivity index (χ4n) is 4.84. The van der Waals surface area contributed by atoms with E-state index in [1.165, 1.54) is 31.2 Å². The van der Waals surface area contributed by atoms with E-state index >= 15 is 0 Å². The van der Waals surface area contributed by atoms with Gasteiger partial charge in [-0.1, -0.05) is 43.2 Å². The van der Waals surface area contributed by atoms with Crippen molar-refractivity contribution in [2.45, 2.75) is 31.1 Å². The van der Waals surface area contributed by atoms with Gasteiger partial charge in [-0.2, -0.15) is 0 Å². The van der Waals surface area contributed by atoms with Gasteiger partial charge in [0.2, 0.25) is 5.95 Å². The van der Waals surface area contributed by atoms with Gasteiger partial charge in [-0.05, 0) is 24.5 Å². The van der Waals surface area contributed by atoms with E-state index in [9.17, 15) is 0 Å². The quantitative estimate of drug-likeness (QED) is 0.315. The average molecular weight is 550 g/mol. The maximum Gasteiger partial charge on any atom is 0.225 e. The molecule has 2 aromatic rings.